The molecular weight excluding hydrogens is 227 g/mol. The third-order valence-corrected chi connectivity index (χ3v) is 1.67. The minimum absolute atomic E-state index is 0. The summed E-state index contributed by atoms with van der Waals surface area (Å²) in [7, 11) is 0. The Hall–Kier alpha value is -1.37. The Balaban J connectivity index is 0. The van der Waals surface area contributed by atoms with Crippen LogP contribution >= 0.6 is 0 Å². The molecule has 1 rings (SSSR count). The van der Waals surface area contributed by atoms with Crippen LogP contribution in [0, 0.1) is 0 Å². The molecule has 16 heavy (non-hydrogen) atoms. The summed E-state index contributed by atoms with van der Waals surface area (Å²) in [6.07, 6.45) is 0. The molecule has 0 saturated heterocycles. The monoisotopic (exact) mass is 234 g/mol. The first-order chi connectivity index (χ1) is 6.91. The molecule has 7 heteroatoms. The normalized spacial score (nSPS) is 9.00. The van der Waals surface area contributed by atoms with Gasteiger partial charge < -0.3 is 16.7 Å². The number of carboxylic acid groups (broad SMARTS) is 3. The fourth-order valence-electron chi connectivity index (χ4n) is 0.998. The molecule has 6 nitrogen and oxygen atoms in total. The van der Waals surface area contributed by atoms with Gasteiger partial charge in [-0.2, -0.15) is 0 Å². The van der Waals surface area contributed by atoms with Crippen LogP contribution < -0.4 is 29.6 Å². The van der Waals surface area contributed by atoms with E-state index in [4.69, 9.17) is 15.3 Å². The van der Waals surface area contributed by atoms with Gasteiger partial charge >= 0.3 is 47.5 Å². The van der Waals surface area contributed by atoms with Crippen molar-refractivity contribution in [3.05, 3.63) is 34.9 Å². The molecule has 0 atom stereocenters. The maximum absolute atomic E-state index is 10.6. The molecule has 1 aromatic rings. The van der Waals surface area contributed by atoms with Crippen LogP contribution in [0.4, 0.5) is 0 Å². The van der Waals surface area contributed by atoms with E-state index in [-0.39, 0.29) is 47.7 Å². The molecule has 0 amide bonds. The van der Waals surface area contributed by atoms with Crippen molar-refractivity contribution in [2.45, 2.75) is 0 Å². The number of hydrogen-bond acceptors (Lipinski definition) is 3. The maximum Gasteiger partial charge on any atom is 1.00 e. The van der Waals surface area contributed by atoms with Crippen molar-refractivity contribution in [1.29, 1.82) is 0 Å². The van der Waals surface area contributed by atoms with Crippen molar-refractivity contribution in [3.63, 3.8) is 0 Å². The van der Waals surface area contributed by atoms with E-state index in [0.717, 1.165) is 18.2 Å². The Morgan fingerprint density at radius 2 is 0.938 bits per heavy atom. The Bertz CT molecular complexity index is 380. The first-order valence-corrected chi connectivity index (χ1v) is 3.77. The van der Waals surface area contributed by atoms with Gasteiger partial charge in [-0.05, 0) is 18.2 Å². The standard InChI is InChI=1S/C9H6O6.Na.H/c10-7(11)4-1-5(8(12)13)3-6(2-4)9(14)15;;/h1-3H,(H,10,11)(H,12,13)(H,14,15);;/q;+1;-1. The van der Waals surface area contributed by atoms with Crippen LogP contribution in [0.5, 0.6) is 0 Å². The summed E-state index contributed by atoms with van der Waals surface area (Å²) in [4.78, 5) is 31.7. The molecule has 0 saturated carbocycles. The van der Waals surface area contributed by atoms with E-state index in [1.807, 2.05) is 0 Å². The Labute approximate surface area is 113 Å². The number of aromatic carboxylic acids is 3. The molecule has 0 aliphatic rings. The summed E-state index contributed by atoms with van der Waals surface area (Å²) >= 11 is 0. The van der Waals surface area contributed by atoms with E-state index in [2.05, 4.69) is 0 Å². The second-order valence-corrected chi connectivity index (χ2v) is 2.71. The summed E-state index contributed by atoms with van der Waals surface area (Å²) in [5, 5.41) is 25.8. The molecule has 0 radical (unpaired) electrons. The van der Waals surface area contributed by atoms with Crippen LogP contribution in [-0.4, -0.2) is 33.2 Å². The van der Waals surface area contributed by atoms with Gasteiger partial charge in [0.1, 0.15) is 0 Å². The van der Waals surface area contributed by atoms with Gasteiger partial charge in [-0.3, -0.25) is 0 Å². The first-order valence-electron chi connectivity index (χ1n) is 3.77. The molecule has 0 aliphatic carbocycles. The second-order valence-electron chi connectivity index (χ2n) is 2.71. The Morgan fingerprint density at radius 1 is 0.750 bits per heavy atom. The molecule has 0 fully saturated rings. The zero-order valence-electron chi connectivity index (χ0n) is 9.30. The van der Waals surface area contributed by atoms with Crippen LogP contribution in [0.2, 0.25) is 0 Å². The van der Waals surface area contributed by atoms with Gasteiger partial charge in [0.15, 0.2) is 0 Å². The van der Waals surface area contributed by atoms with Crippen molar-refractivity contribution in [2.24, 2.45) is 0 Å². The fourth-order valence-corrected chi connectivity index (χ4v) is 0.998. The van der Waals surface area contributed by atoms with Crippen LogP contribution in [0.1, 0.15) is 32.5 Å². The first kappa shape index (κ1) is 14.6. The van der Waals surface area contributed by atoms with Gasteiger partial charge in [0.05, 0.1) is 16.7 Å². The summed E-state index contributed by atoms with van der Waals surface area (Å²) < 4.78 is 0. The Morgan fingerprint density at radius 3 is 1.06 bits per heavy atom. The van der Waals surface area contributed by atoms with Gasteiger partial charge in [-0.15, -0.1) is 0 Å². The number of rotatable bonds is 3. The van der Waals surface area contributed by atoms with Crippen LogP contribution in [0.25, 0.3) is 0 Å². The van der Waals surface area contributed by atoms with Gasteiger partial charge in [0, 0.05) is 0 Å². The molecule has 0 heterocycles. The molecular formula is C9H7NaO6. The van der Waals surface area contributed by atoms with Gasteiger partial charge in [0.25, 0.3) is 0 Å². The Kier molecular flexibility index (Phi) is 5.16. The SMILES string of the molecule is O=C(O)c1cc(C(=O)O)cc(C(=O)O)c1.[H-].[Na+]. The van der Waals surface area contributed by atoms with Crippen molar-refractivity contribution < 1.29 is 60.7 Å². The van der Waals surface area contributed by atoms with E-state index in [1.54, 1.807) is 0 Å². The smallest absolute Gasteiger partial charge is 1.00 e. The van der Waals surface area contributed by atoms with Crippen LogP contribution in [-0.2, 0) is 0 Å². The molecule has 0 spiro atoms. The van der Waals surface area contributed by atoms with Crippen molar-refractivity contribution in [2.75, 3.05) is 0 Å². The molecule has 1 aromatic carbocycles. The second kappa shape index (κ2) is 5.64. The minimum atomic E-state index is -1.37. The predicted molar refractivity (Wildman–Crippen MR) is 48.4 cm³/mol. The van der Waals surface area contributed by atoms with Crippen LogP contribution in [0.15, 0.2) is 18.2 Å². The van der Waals surface area contributed by atoms with Crippen molar-refractivity contribution in [3.8, 4) is 0 Å². The number of carbonyl (C=O) groups is 3. The maximum atomic E-state index is 10.6. The molecule has 0 aliphatic heterocycles. The van der Waals surface area contributed by atoms with Crippen molar-refractivity contribution >= 4 is 17.9 Å². The van der Waals surface area contributed by atoms with Crippen molar-refractivity contribution in [1.82, 2.24) is 0 Å². The van der Waals surface area contributed by atoms with E-state index >= 15 is 0 Å². The zero-order valence-corrected chi connectivity index (χ0v) is 10.3. The van der Waals surface area contributed by atoms with E-state index in [1.165, 1.54) is 0 Å². The summed E-state index contributed by atoms with van der Waals surface area (Å²) in [5.41, 5.74) is -1.10. The zero-order chi connectivity index (χ0) is 11.6. The summed E-state index contributed by atoms with van der Waals surface area (Å²) in [6.45, 7) is 0. The van der Waals surface area contributed by atoms with E-state index < -0.39 is 17.9 Å². The van der Waals surface area contributed by atoms with E-state index in [0.29, 0.717) is 0 Å². The molecule has 80 valence electrons. The van der Waals surface area contributed by atoms with Crippen LogP contribution in [0.3, 0.4) is 0 Å². The third kappa shape index (κ3) is 3.34. The summed E-state index contributed by atoms with van der Waals surface area (Å²) in [6, 6.07) is 2.70. The van der Waals surface area contributed by atoms with Gasteiger partial charge in [-0.25, -0.2) is 14.4 Å². The third-order valence-electron chi connectivity index (χ3n) is 1.67. The quantitative estimate of drug-likeness (QED) is 0.516. The molecule has 0 aromatic heterocycles. The van der Waals surface area contributed by atoms with Gasteiger partial charge in [-0.1, -0.05) is 0 Å². The molecule has 0 unspecified atom stereocenters. The largest absolute Gasteiger partial charge is 1.00 e. The van der Waals surface area contributed by atoms with E-state index in [9.17, 15) is 14.4 Å². The van der Waals surface area contributed by atoms with Gasteiger partial charge in [0.2, 0.25) is 0 Å². The molecule has 0 bridgehead atoms. The number of hydrogen-bond donors (Lipinski definition) is 3. The average molecular weight is 234 g/mol. The number of carboxylic acids is 3. The predicted octanol–water partition coefficient (Wildman–Crippen LogP) is -2.10. The summed E-state index contributed by atoms with van der Waals surface area (Å²) in [5.74, 6) is -4.12. The minimum Gasteiger partial charge on any atom is -1.00 e. The average Bonchev–Trinajstić information content (AvgIpc) is 2.16. The fraction of sp³-hybridized carbons (Fsp3) is 0. The number of benzene rings is 1. The topological polar surface area (TPSA) is 112 Å². The molecule has 3 N–H and O–H groups in total.